The lowest BCUT2D eigenvalue weighted by Gasteiger charge is -2.34. The number of methoxy groups -OCH3 is 2. The third-order valence-corrected chi connectivity index (χ3v) is 5.51. The Bertz CT molecular complexity index is 745. The van der Waals surface area contributed by atoms with Crippen LogP contribution >= 0.6 is 0 Å². The summed E-state index contributed by atoms with van der Waals surface area (Å²) in [5.74, 6) is 2.56. The molecule has 2 aromatic rings. The molecule has 1 saturated heterocycles. The largest absolute Gasteiger partial charge is 0.493 e. The number of ether oxygens (including phenoxy) is 2. The predicted octanol–water partition coefficient (Wildman–Crippen LogP) is 2.74. The molecule has 1 atom stereocenters. The van der Waals surface area contributed by atoms with Gasteiger partial charge >= 0.3 is 0 Å². The summed E-state index contributed by atoms with van der Waals surface area (Å²) in [4.78, 5) is 11.0. The summed E-state index contributed by atoms with van der Waals surface area (Å²) in [6.45, 7) is 1.99. The van der Waals surface area contributed by atoms with Crippen molar-refractivity contribution >= 4 is 5.95 Å². The highest BCUT2D eigenvalue weighted by Gasteiger charge is 2.30. The number of rotatable bonds is 5. The molecule has 0 radical (unpaired) electrons. The van der Waals surface area contributed by atoms with Gasteiger partial charge in [-0.2, -0.15) is 0 Å². The molecule has 1 aliphatic carbocycles. The highest BCUT2D eigenvalue weighted by molar-refractivity contribution is 5.53. The van der Waals surface area contributed by atoms with E-state index in [1.807, 2.05) is 24.5 Å². The van der Waals surface area contributed by atoms with Crippen LogP contribution in [0.2, 0.25) is 0 Å². The maximum atomic E-state index is 5.61. The van der Waals surface area contributed by atoms with Gasteiger partial charge in [0.25, 0.3) is 0 Å². The van der Waals surface area contributed by atoms with Crippen LogP contribution in [0.3, 0.4) is 0 Å². The molecule has 0 amide bonds. The van der Waals surface area contributed by atoms with Crippen LogP contribution in [0.25, 0.3) is 0 Å². The van der Waals surface area contributed by atoms with Gasteiger partial charge in [0.15, 0.2) is 11.5 Å². The molecule has 138 valence electrons. The summed E-state index contributed by atoms with van der Waals surface area (Å²) in [6.07, 6.45) is 7.98. The van der Waals surface area contributed by atoms with Crippen LogP contribution < -0.4 is 19.7 Å². The minimum absolute atomic E-state index is 0.398. The Kier molecular flexibility index (Phi) is 4.93. The van der Waals surface area contributed by atoms with Crippen LogP contribution in [0.15, 0.2) is 30.6 Å². The van der Waals surface area contributed by atoms with Crippen LogP contribution in [0.4, 0.5) is 5.95 Å². The summed E-state index contributed by atoms with van der Waals surface area (Å²) in [5, 5.41) is 3.87. The predicted molar refractivity (Wildman–Crippen MR) is 101 cm³/mol. The number of hydrogen-bond acceptors (Lipinski definition) is 6. The maximum Gasteiger partial charge on any atom is 0.225 e. The summed E-state index contributed by atoms with van der Waals surface area (Å²) < 4.78 is 11.0. The van der Waals surface area contributed by atoms with Crippen molar-refractivity contribution in [2.24, 2.45) is 0 Å². The normalized spacial score (nSPS) is 20.1. The smallest absolute Gasteiger partial charge is 0.225 e. The van der Waals surface area contributed by atoms with Crippen molar-refractivity contribution in [1.82, 2.24) is 15.3 Å². The molecule has 1 aromatic carbocycles. The summed E-state index contributed by atoms with van der Waals surface area (Å²) in [5.41, 5.74) is 2.65. The van der Waals surface area contributed by atoms with E-state index in [-0.39, 0.29) is 0 Å². The molecular weight excluding hydrogens is 328 g/mol. The van der Waals surface area contributed by atoms with E-state index in [4.69, 9.17) is 9.47 Å². The third kappa shape index (κ3) is 3.21. The second-order valence-electron chi connectivity index (χ2n) is 6.94. The first kappa shape index (κ1) is 17.1. The lowest BCUT2D eigenvalue weighted by Crippen LogP contribution is -2.44. The molecule has 6 nitrogen and oxygen atoms in total. The third-order valence-electron chi connectivity index (χ3n) is 5.51. The molecule has 0 spiro atoms. The first-order valence-corrected chi connectivity index (χ1v) is 9.32. The number of aromatic nitrogens is 2. The molecule has 2 heterocycles. The highest BCUT2D eigenvalue weighted by Crippen LogP contribution is 2.42. The molecule has 1 unspecified atom stereocenters. The van der Waals surface area contributed by atoms with Gasteiger partial charge in [-0.05, 0) is 43.4 Å². The second-order valence-corrected chi connectivity index (χ2v) is 6.94. The van der Waals surface area contributed by atoms with E-state index in [1.54, 1.807) is 14.2 Å². The lowest BCUT2D eigenvalue weighted by molar-refractivity contribution is 0.352. The van der Waals surface area contributed by atoms with Crippen LogP contribution in [-0.2, 0) is 6.42 Å². The first-order valence-electron chi connectivity index (χ1n) is 9.32. The Balaban J connectivity index is 1.40. The molecule has 1 fully saturated rings. The van der Waals surface area contributed by atoms with Crippen molar-refractivity contribution in [2.75, 3.05) is 32.2 Å². The van der Waals surface area contributed by atoms with Crippen LogP contribution in [0.1, 0.15) is 36.4 Å². The molecule has 6 heteroatoms. The van der Waals surface area contributed by atoms with E-state index in [0.717, 1.165) is 56.2 Å². The zero-order chi connectivity index (χ0) is 17.9. The lowest BCUT2D eigenvalue weighted by atomic mass is 10.0. The topological polar surface area (TPSA) is 59.5 Å². The van der Waals surface area contributed by atoms with Crippen LogP contribution in [0, 0.1) is 0 Å². The van der Waals surface area contributed by atoms with E-state index < -0.39 is 0 Å². The van der Waals surface area contributed by atoms with Crippen molar-refractivity contribution in [3.05, 3.63) is 41.7 Å². The second kappa shape index (κ2) is 7.50. The van der Waals surface area contributed by atoms with E-state index in [1.165, 1.54) is 11.1 Å². The molecule has 1 N–H and O–H groups in total. The van der Waals surface area contributed by atoms with Gasteiger partial charge in [-0.25, -0.2) is 9.97 Å². The van der Waals surface area contributed by atoms with Gasteiger partial charge < -0.3 is 19.7 Å². The molecule has 0 saturated carbocycles. The minimum atomic E-state index is 0.398. The Morgan fingerprint density at radius 2 is 1.81 bits per heavy atom. The van der Waals surface area contributed by atoms with Gasteiger partial charge in [0, 0.05) is 43.1 Å². The fraction of sp³-hybridized carbons (Fsp3) is 0.500. The quantitative estimate of drug-likeness (QED) is 0.891. The summed E-state index contributed by atoms with van der Waals surface area (Å²) in [6, 6.07) is 6.99. The average molecular weight is 354 g/mol. The van der Waals surface area contributed by atoms with Crippen LogP contribution in [0.5, 0.6) is 11.5 Å². The van der Waals surface area contributed by atoms with Crippen molar-refractivity contribution in [3.8, 4) is 11.5 Å². The number of anilines is 1. The maximum absolute atomic E-state index is 5.61. The van der Waals surface area contributed by atoms with Crippen LogP contribution in [-0.4, -0.2) is 43.3 Å². The summed E-state index contributed by atoms with van der Waals surface area (Å²) in [7, 11) is 3.42. The van der Waals surface area contributed by atoms with Crippen molar-refractivity contribution in [2.45, 2.75) is 37.8 Å². The monoisotopic (exact) mass is 354 g/mol. The van der Waals surface area contributed by atoms with E-state index in [0.29, 0.717) is 12.1 Å². The number of nitrogens with zero attached hydrogens (tertiary/aromatic N) is 3. The zero-order valence-corrected chi connectivity index (χ0v) is 15.4. The van der Waals surface area contributed by atoms with E-state index in [9.17, 15) is 0 Å². The fourth-order valence-corrected chi connectivity index (χ4v) is 4.19. The van der Waals surface area contributed by atoms with E-state index in [2.05, 4.69) is 26.3 Å². The molecule has 2 aliphatic rings. The molecule has 0 bridgehead atoms. The number of benzene rings is 1. The van der Waals surface area contributed by atoms with E-state index >= 15 is 0 Å². The molecule has 1 aromatic heterocycles. The standard InChI is InChI=1S/C20H26N4O2/c1-25-18-7-5-15-16(19(18)26-2)4-6-17(15)23-14-8-12-24(13-9-14)20-21-10-3-11-22-20/h3,5,7,10-11,14,17,23H,4,6,8-9,12-13H2,1-2H3. The van der Waals surface area contributed by atoms with Gasteiger partial charge in [-0.15, -0.1) is 0 Å². The number of hydrogen-bond donors (Lipinski definition) is 1. The number of fused-ring (bicyclic) bond motifs is 1. The average Bonchev–Trinajstić information content (AvgIpc) is 3.11. The van der Waals surface area contributed by atoms with Gasteiger partial charge in [0.1, 0.15) is 0 Å². The number of nitrogens with one attached hydrogen (secondary N) is 1. The Morgan fingerprint density at radius 1 is 1.04 bits per heavy atom. The molecule has 1 aliphatic heterocycles. The molecule has 26 heavy (non-hydrogen) atoms. The fourth-order valence-electron chi connectivity index (χ4n) is 4.19. The van der Waals surface area contributed by atoms with Crippen molar-refractivity contribution in [1.29, 1.82) is 0 Å². The Hall–Kier alpha value is -2.34. The van der Waals surface area contributed by atoms with Gasteiger partial charge in [-0.3, -0.25) is 0 Å². The van der Waals surface area contributed by atoms with Gasteiger partial charge in [0.2, 0.25) is 5.95 Å². The van der Waals surface area contributed by atoms with Gasteiger partial charge in [0.05, 0.1) is 14.2 Å². The minimum Gasteiger partial charge on any atom is -0.493 e. The SMILES string of the molecule is COc1ccc2c(c1OC)CCC2NC1CCN(c2ncccn2)CC1. The van der Waals surface area contributed by atoms with Crippen molar-refractivity contribution in [3.63, 3.8) is 0 Å². The first-order chi connectivity index (χ1) is 12.8. The van der Waals surface area contributed by atoms with Gasteiger partial charge in [-0.1, -0.05) is 6.07 Å². The summed E-state index contributed by atoms with van der Waals surface area (Å²) >= 11 is 0. The Labute approximate surface area is 154 Å². The zero-order valence-electron chi connectivity index (χ0n) is 15.4. The van der Waals surface area contributed by atoms with Crippen molar-refractivity contribution < 1.29 is 9.47 Å². The highest BCUT2D eigenvalue weighted by atomic mass is 16.5. The Morgan fingerprint density at radius 3 is 2.50 bits per heavy atom. The molecular formula is C20H26N4O2. The number of piperidine rings is 1. The molecule has 4 rings (SSSR count).